The van der Waals surface area contributed by atoms with Crippen LogP contribution in [0.15, 0.2) is 58.9 Å². The Hall–Kier alpha value is -1.92. The number of benzene rings is 2. The van der Waals surface area contributed by atoms with E-state index in [4.69, 9.17) is 0 Å². The predicted molar refractivity (Wildman–Crippen MR) is 76.9 cm³/mol. The van der Waals surface area contributed by atoms with Gasteiger partial charge in [0, 0.05) is 0 Å². The van der Waals surface area contributed by atoms with Crippen LogP contribution in [0.5, 0.6) is 0 Å². The molecule has 0 atom stereocenters. The normalized spacial score (nSPS) is 11.6. The van der Waals surface area contributed by atoms with Crippen LogP contribution in [0, 0.1) is 0 Å². The van der Waals surface area contributed by atoms with E-state index in [2.05, 4.69) is 9.71 Å². The van der Waals surface area contributed by atoms with E-state index in [-0.39, 0.29) is 4.90 Å². The lowest BCUT2D eigenvalue weighted by molar-refractivity contribution is 0.601. The summed E-state index contributed by atoms with van der Waals surface area (Å²) in [5.41, 5.74) is 2.87. The molecule has 0 fully saturated rings. The first kappa shape index (κ1) is 12.1. The summed E-state index contributed by atoms with van der Waals surface area (Å²) in [4.78, 5) is 4.43. The van der Waals surface area contributed by atoms with E-state index >= 15 is 0 Å². The highest BCUT2D eigenvalue weighted by atomic mass is 32.2. The number of nitrogens with zero attached hydrogens (tertiary/aromatic N) is 1. The van der Waals surface area contributed by atoms with Gasteiger partial charge in [0.1, 0.15) is 5.52 Å². The molecular formula is C13H10N2O2S2. The van der Waals surface area contributed by atoms with Crippen LogP contribution in [0.1, 0.15) is 0 Å². The zero-order valence-electron chi connectivity index (χ0n) is 9.78. The highest BCUT2D eigenvalue weighted by molar-refractivity contribution is 7.92. The van der Waals surface area contributed by atoms with Gasteiger partial charge in [-0.05, 0) is 24.3 Å². The second kappa shape index (κ2) is 4.64. The van der Waals surface area contributed by atoms with Crippen LogP contribution in [-0.4, -0.2) is 13.4 Å². The van der Waals surface area contributed by atoms with Crippen molar-refractivity contribution in [2.45, 2.75) is 4.90 Å². The molecule has 0 spiro atoms. The van der Waals surface area contributed by atoms with E-state index in [1.54, 1.807) is 41.9 Å². The van der Waals surface area contributed by atoms with Gasteiger partial charge < -0.3 is 0 Å². The summed E-state index contributed by atoms with van der Waals surface area (Å²) in [6.45, 7) is 0. The van der Waals surface area contributed by atoms with Gasteiger partial charge in [-0.15, -0.1) is 11.3 Å². The fourth-order valence-electron chi connectivity index (χ4n) is 1.77. The molecule has 0 amide bonds. The lowest BCUT2D eigenvalue weighted by Gasteiger charge is -2.08. The Bertz CT molecular complexity index is 811. The minimum atomic E-state index is -3.57. The number of rotatable bonds is 3. The van der Waals surface area contributed by atoms with Crippen LogP contribution in [0.2, 0.25) is 0 Å². The average Bonchev–Trinajstić information content (AvgIpc) is 2.89. The zero-order chi connectivity index (χ0) is 13.3. The van der Waals surface area contributed by atoms with Crippen LogP contribution < -0.4 is 4.72 Å². The van der Waals surface area contributed by atoms with Gasteiger partial charge in [-0.3, -0.25) is 4.72 Å². The van der Waals surface area contributed by atoms with Crippen molar-refractivity contribution >= 4 is 37.3 Å². The molecule has 0 aliphatic rings. The summed E-state index contributed by atoms with van der Waals surface area (Å²) in [7, 11) is -3.57. The molecule has 3 aromatic rings. The van der Waals surface area contributed by atoms with E-state index in [1.165, 1.54) is 11.3 Å². The van der Waals surface area contributed by atoms with Gasteiger partial charge in [-0.1, -0.05) is 24.3 Å². The third-order valence-electron chi connectivity index (χ3n) is 2.66. The lowest BCUT2D eigenvalue weighted by Crippen LogP contribution is -2.12. The van der Waals surface area contributed by atoms with Crippen LogP contribution in [0.4, 0.5) is 5.69 Å². The number of hydrogen-bond acceptors (Lipinski definition) is 4. The molecule has 0 bridgehead atoms. The van der Waals surface area contributed by atoms with Crippen LogP contribution in [0.3, 0.4) is 0 Å². The molecule has 0 aliphatic heterocycles. The summed E-state index contributed by atoms with van der Waals surface area (Å²) in [5.74, 6) is 0. The summed E-state index contributed by atoms with van der Waals surface area (Å²) >= 11 is 1.48. The fourth-order valence-corrected chi connectivity index (χ4v) is 3.56. The number of fused-ring (bicyclic) bond motifs is 1. The van der Waals surface area contributed by atoms with Gasteiger partial charge in [0.2, 0.25) is 0 Å². The molecule has 2 aromatic carbocycles. The van der Waals surface area contributed by atoms with Crippen molar-refractivity contribution in [3.05, 3.63) is 54.0 Å². The summed E-state index contributed by atoms with van der Waals surface area (Å²) in [5, 5.41) is 0. The zero-order valence-corrected chi connectivity index (χ0v) is 11.4. The highest BCUT2D eigenvalue weighted by Crippen LogP contribution is 2.26. The monoisotopic (exact) mass is 290 g/mol. The molecule has 0 aliphatic carbocycles. The van der Waals surface area contributed by atoms with Gasteiger partial charge in [0.05, 0.1) is 20.8 Å². The van der Waals surface area contributed by atoms with Crippen molar-refractivity contribution in [2.75, 3.05) is 4.72 Å². The Morgan fingerprint density at radius 3 is 2.58 bits per heavy atom. The number of aromatic nitrogens is 1. The Morgan fingerprint density at radius 2 is 1.79 bits per heavy atom. The van der Waals surface area contributed by atoms with Crippen LogP contribution in [0.25, 0.3) is 10.2 Å². The smallest absolute Gasteiger partial charge is 0.261 e. The summed E-state index contributed by atoms with van der Waals surface area (Å²) in [6, 6.07) is 13.7. The van der Waals surface area contributed by atoms with E-state index in [9.17, 15) is 8.42 Å². The molecule has 96 valence electrons. The third-order valence-corrected chi connectivity index (χ3v) is 4.83. The standard InChI is InChI=1S/C13H10N2O2S2/c16-19(17,10-5-2-1-3-6-10)15-11-7-4-8-12-13(11)14-9-18-12/h1-9,15H. The molecule has 0 saturated heterocycles. The molecule has 0 saturated carbocycles. The predicted octanol–water partition coefficient (Wildman–Crippen LogP) is 3.10. The van der Waals surface area contributed by atoms with Crippen molar-refractivity contribution in [2.24, 2.45) is 0 Å². The molecule has 0 unspecified atom stereocenters. The quantitative estimate of drug-likeness (QED) is 0.806. The number of anilines is 1. The topological polar surface area (TPSA) is 59.1 Å². The lowest BCUT2D eigenvalue weighted by atomic mass is 10.3. The first-order chi connectivity index (χ1) is 9.17. The molecule has 1 heterocycles. The molecule has 19 heavy (non-hydrogen) atoms. The van der Waals surface area contributed by atoms with Crippen LogP contribution >= 0.6 is 11.3 Å². The largest absolute Gasteiger partial charge is 0.277 e. The van der Waals surface area contributed by atoms with E-state index < -0.39 is 10.0 Å². The minimum Gasteiger partial charge on any atom is -0.277 e. The van der Waals surface area contributed by atoms with Gasteiger partial charge in [-0.25, -0.2) is 13.4 Å². The number of hydrogen-bond donors (Lipinski definition) is 1. The van der Waals surface area contributed by atoms with E-state index in [1.807, 2.05) is 12.1 Å². The Balaban J connectivity index is 2.04. The Morgan fingerprint density at radius 1 is 1.00 bits per heavy atom. The second-order valence-electron chi connectivity index (χ2n) is 3.92. The van der Waals surface area contributed by atoms with Crippen molar-refractivity contribution < 1.29 is 8.42 Å². The maximum absolute atomic E-state index is 12.2. The summed E-state index contributed by atoms with van der Waals surface area (Å²) < 4.78 is 28.0. The first-order valence-corrected chi connectivity index (χ1v) is 7.93. The third kappa shape index (κ3) is 2.32. The molecule has 1 N–H and O–H groups in total. The van der Waals surface area contributed by atoms with Crippen molar-refractivity contribution in [3.63, 3.8) is 0 Å². The number of para-hydroxylation sites is 1. The Labute approximate surface area is 114 Å². The average molecular weight is 290 g/mol. The van der Waals surface area contributed by atoms with Crippen molar-refractivity contribution in [1.29, 1.82) is 0 Å². The number of thiazole rings is 1. The number of nitrogens with one attached hydrogen (secondary N) is 1. The first-order valence-electron chi connectivity index (χ1n) is 5.57. The van der Waals surface area contributed by atoms with Crippen LogP contribution in [-0.2, 0) is 10.0 Å². The van der Waals surface area contributed by atoms with Crippen molar-refractivity contribution in [3.8, 4) is 0 Å². The molecule has 4 nitrogen and oxygen atoms in total. The SMILES string of the molecule is O=S(=O)(Nc1cccc2scnc12)c1ccccc1. The molecule has 6 heteroatoms. The summed E-state index contributed by atoms with van der Waals surface area (Å²) in [6.07, 6.45) is 0. The maximum Gasteiger partial charge on any atom is 0.261 e. The minimum absolute atomic E-state index is 0.238. The Kier molecular flexibility index (Phi) is 2.96. The molecule has 0 radical (unpaired) electrons. The molecule has 1 aromatic heterocycles. The second-order valence-corrected chi connectivity index (χ2v) is 6.49. The van der Waals surface area contributed by atoms with Crippen molar-refractivity contribution in [1.82, 2.24) is 4.98 Å². The van der Waals surface area contributed by atoms with Gasteiger partial charge in [0.25, 0.3) is 10.0 Å². The van der Waals surface area contributed by atoms with E-state index in [0.717, 1.165) is 4.70 Å². The van der Waals surface area contributed by atoms with Gasteiger partial charge >= 0.3 is 0 Å². The fraction of sp³-hybridized carbons (Fsp3) is 0. The number of sulfonamides is 1. The highest BCUT2D eigenvalue weighted by Gasteiger charge is 2.15. The van der Waals surface area contributed by atoms with Gasteiger partial charge in [0.15, 0.2) is 0 Å². The van der Waals surface area contributed by atoms with Gasteiger partial charge in [-0.2, -0.15) is 0 Å². The molecular weight excluding hydrogens is 280 g/mol. The molecule has 3 rings (SSSR count). The maximum atomic E-state index is 12.2. The van der Waals surface area contributed by atoms with E-state index in [0.29, 0.717) is 11.2 Å².